The minimum Gasteiger partial charge on any atom is -0.468 e. The third-order valence-electron chi connectivity index (χ3n) is 2.22. The van der Waals surface area contributed by atoms with Gasteiger partial charge in [-0.3, -0.25) is 4.79 Å². The molecular weight excluding hydrogens is 214 g/mol. The Morgan fingerprint density at radius 2 is 2.13 bits per heavy atom. The Bertz CT molecular complexity index is 190. The fraction of sp³-hybridized carbons (Fsp3) is 0.900. The lowest BCUT2D eigenvalue weighted by Gasteiger charge is -2.25. The maximum Gasteiger partial charge on any atom is 0.326 e. The minimum atomic E-state index is -0.591. The van der Waals surface area contributed by atoms with Crippen LogP contribution in [0.15, 0.2) is 0 Å². The number of rotatable bonds is 8. The number of carbonyl (C=O) groups is 1. The molecule has 1 N–H and O–H groups in total. The van der Waals surface area contributed by atoms with Crippen molar-refractivity contribution in [3.05, 3.63) is 0 Å². The Morgan fingerprint density at radius 1 is 1.47 bits per heavy atom. The molecule has 0 aliphatic heterocycles. The van der Waals surface area contributed by atoms with Crippen LogP contribution >= 0.6 is 11.8 Å². The van der Waals surface area contributed by atoms with Crippen LogP contribution in [0.25, 0.3) is 0 Å². The smallest absolute Gasteiger partial charge is 0.326 e. The summed E-state index contributed by atoms with van der Waals surface area (Å²) < 4.78 is 9.69. The fourth-order valence-corrected chi connectivity index (χ4v) is 2.18. The van der Waals surface area contributed by atoms with Crippen molar-refractivity contribution >= 4 is 17.7 Å². The summed E-state index contributed by atoms with van der Waals surface area (Å²) in [4.78, 5) is 11.5. The van der Waals surface area contributed by atoms with E-state index in [0.717, 1.165) is 18.8 Å². The van der Waals surface area contributed by atoms with Gasteiger partial charge in [0.1, 0.15) is 5.54 Å². The van der Waals surface area contributed by atoms with Crippen LogP contribution in [0, 0.1) is 0 Å². The molecule has 0 aromatic heterocycles. The molecular formula is C10H21NO3S. The number of hydrogen-bond acceptors (Lipinski definition) is 5. The molecule has 0 radical (unpaired) electrons. The second kappa shape index (κ2) is 7.96. The van der Waals surface area contributed by atoms with Crippen molar-refractivity contribution in [3.8, 4) is 0 Å². The van der Waals surface area contributed by atoms with Gasteiger partial charge >= 0.3 is 5.97 Å². The van der Waals surface area contributed by atoms with Crippen molar-refractivity contribution < 1.29 is 14.3 Å². The molecule has 0 aromatic carbocycles. The highest BCUT2D eigenvalue weighted by Gasteiger charge is 2.32. The van der Waals surface area contributed by atoms with Gasteiger partial charge in [0.25, 0.3) is 0 Å². The predicted octanol–water partition coefficient (Wildman–Crippen LogP) is 0.907. The van der Waals surface area contributed by atoms with Gasteiger partial charge < -0.3 is 14.8 Å². The van der Waals surface area contributed by atoms with Crippen LogP contribution in [-0.2, 0) is 14.3 Å². The average Bonchev–Trinajstić information content (AvgIpc) is 2.27. The molecule has 0 rings (SSSR count). The SMILES string of the molecule is CNC(C)(CSCCCOC)C(=O)OC. The largest absolute Gasteiger partial charge is 0.468 e. The molecule has 0 aliphatic carbocycles. The van der Waals surface area contributed by atoms with Gasteiger partial charge in [-0.1, -0.05) is 0 Å². The number of ether oxygens (including phenoxy) is 2. The van der Waals surface area contributed by atoms with E-state index in [1.807, 2.05) is 6.92 Å². The summed E-state index contributed by atoms with van der Waals surface area (Å²) in [5, 5.41) is 2.99. The number of nitrogens with one attached hydrogen (secondary N) is 1. The van der Waals surface area contributed by atoms with E-state index in [1.54, 1.807) is 25.9 Å². The van der Waals surface area contributed by atoms with Gasteiger partial charge in [0.15, 0.2) is 0 Å². The van der Waals surface area contributed by atoms with Crippen molar-refractivity contribution in [3.63, 3.8) is 0 Å². The van der Waals surface area contributed by atoms with Crippen molar-refractivity contribution in [2.24, 2.45) is 0 Å². The lowest BCUT2D eigenvalue weighted by atomic mass is 10.1. The summed E-state index contributed by atoms with van der Waals surface area (Å²) in [5.41, 5.74) is -0.591. The Morgan fingerprint density at radius 3 is 2.60 bits per heavy atom. The van der Waals surface area contributed by atoms with Crippen LogP contribution in [0.4, 0.5) is 0 Å². The van der Waals surface area contributed by atoms with Crippen molar-refractivity contribution in [1.29, 1.82) is 0 Å². The number of methoxy groups -OCH3 is 2. The van der Waals surface area contributed by atoms with Crippen LogP contribution in [0.5, 0.6) is 0 Å². The van der Waals surface area contributed by atoms with Gasteiger partial charge in [-0.2, -0.15) is 11.8 Å². The lowest BCUT2D eigenvalue weighted by Crippen LogP contribution is -2.50. The topological polar surface area (TPSA) is 47.6 Å². The Kier molecular flexibility index (Phi) is 7.82. The van der Waals surface area contributed by atoms with Gasteiger partial charge in [0.2, 0.25) is 0 Å². The van der Waals surface area contributed by atoms with Gasteiger partial charge in [-0.05, 0) is 26.1 Å². The summed E-state index contributed by atoms with van der Waals surface area (Å²) in [5.74, 6) is 1.48. The minimum absolute atomic E-state index is 0.218. The van der Waals surface area contributed by atoms with E-state index in [1.165, 1.54) is 7.11 Å². The molecule has 0 amide bonds. The quantitative estimate of drug-likeness (QED) is 0.500. The molecule has 0 aromatic rings. The summed E-state index contributed by atoms with van der Waals surface area (Å²) in [6.45, 7) is 2.61. The zero-order valence-electron chi connectivity index (χ0n) is 9.96. The molecule has 0 fully saturated rings. The molecule has 0 heterocycles. The van der Waals surface area contributed by atoms with Crippen LogP contribution in [-0.4, -0.2) is 50.9 Å². The Balaban J connectivity index is 3.83. The highest BCUT2D eigenvalue weighted by molar-refractivity contribution is 7.99. The molecule has 0 saturated heterocycles. The maximum absolute atomic E-state index is 11.5. The van der Waals surface area contributed by atoms with Gasteiger partial charge in [-0.15, -0.1) is 0 Å². The van der Waals surface area contributed by atoms with E-state index < -0.39 is 5.54 Å². The standard InChI is InChI=1S/C10H21NO3S/c1-10(11-2,9(12)14-4)8-15-7-5-6-13-3/h11H,5-8H2,1-4H3. The van der Waals surface area contributed by atoms with Crippen LogP contribution in [0.3, 0.4) is 0 Å². The first-order valence-corrected chi connectivity index (χ1v) is 6.10. The highest BCUT2D eigenvalue weighted by atomic mass is 32.2. The molecule has 4 nitrogen and oxygen atoms in total. The molecule has 0 bridgehead atoms. The first-order chi connectivity index (χ1) is 7.10. The van der Waals surface area contributed by atoms with Crippen molar-refractivity contribution in [1.82, 2.24) is 5.32 Å². The van der Waals surface area contributed by atoms with Crippen LogP contribution in [0.1, 0.15) is 13.3 Å². The predicted molar refractivity (Wildman–Crippen MR) is 63.3 cm³/mol. The molecule has 0 spiro atoms. The van der Waals surface area contributed by atoms with E-state index in [-0.39, 0.29) is 5.97 Å². The van der Waals surface area contributed by atoms with Crippen LogP contribution < -0.4 is 5.32 Å². The van der Waals surface area contributed by atoms with E-state index in [9.17, 15) is 4.79 Å². The number of hydrogen-bond donors (Lipinski definition) is 1. The Hall–Kier alpha value is -0.260. The van der Waals surface area contributed by atoms with Gasteiger partial charge in [0.05, 0.1) is 7.11 Å². The van der Waals surface area contributed by atoms with E-state index >= 15 is 0 Å². The second-order valence-electron chi connectivity index (χ2n) is 3.47. The van der Waals surface area contributed by atoms with Crippen molar-refractivity contribution in [2.45, 2.75) is 18.9 Å². The third kappa shape index (κ3) is 5.39. The van der Waals surface area contributed by atoms with E-state index in [4.69, 9.17) is 9.47 Å². The molecule has 5 heteroatoms. The third-order valence-corrected chi connectivity index (χ3v) is 3.57. The molecule has 0 saturated carbocycles. The average molecular weight is 235 g/mol. The van der Waals surface area contributed by atoms with E-state index in [2.05, 4.69) is 5.32 Å². The Labute approximate surface area is 96.1 Å². The summed E-state index contributed by atoms with van der Waals surface area (Å²) >= 11 is 1.73. The zero-order valence-corrected chi connectivity index (χ0v) is 10.8. The monoisotopic (exact) mass is 235 g/mol. The van der Waals surface area contributed by atoms with Crippen molar-refractivity contribution in [2.75, 3.05) is 39.4 Å². The molecule has 90 valence electrons. The first kappa shape index (κ1) is 14.7. The number of esters is 1. The molecule has 0 aliphatic rings. The number of thioether (sulfide) groups is 1. The lowest BCUT2D eigenvalue weighted by molar-refractivity contribution is -0.146. The molecule has 1 unspecified atom stereocenters. The van der Waals surface area contributed by atoms with Gasteiger partial charge in [0, 0.05) is 19.5 Å². The maximum atomic E-state index is 11.5. The zero-order chi connectivity index (χ0) is 11.7. The van der Waals surface area contributed by atoms with Gasteiger partial charge in [-0.25, -0.2) is 0 Å². The number of likely N-dealkylation sites (N-methyl/N-ethyl adjacent to an activating group) is 1. The number of carbonyl (C=O) groups excluding carboxylic acids is 1. The summed E-state index contributed by atoms with van der Waals surface area (Å²) in [6.07, 6.45) is 1.00. The fourth-order valence-electron chi connectivity index (χ4n) is 1.04. The molecule has 1 atom stereocenters. The second-order valence-corrected chi connectivity index (χ2v) is 4.58. The van der Waals surface area contributed by atoms with E-state index in [0.29, 0.717) is 5.75 Å². The summed E-state index contributed by atoms with van der Waals surface area (Å²) in [7, 11) is 4.87. The highest BCUT2D eigenvalue weighted by Crippen LogP contribution is 2.15. The first-order valence-electron chi connectivity index (χ1n) is 4.94. The summed E-state index contributed by atoms with van der Waals surface area (Å²) in [6, 6.07) is 0. The molecule has 15 heavy (non-hydrogen) atoms. The van der Waals surface area contributed by atoms with Crippen LogP contribution in [0.2, 0.25) is 0 Å². The normalized spacial score (nSPS) is 14.7.